The minimum absolute atomic E-state index is 0.102. The van der Waals surface area contributed by atoms with Crippen LogP contribution in [0.5, 0.6) is 11.5 Å². The predicted molar refractivity (Wildman–Crippen MR) is 115 cm³/mol. The number of nitrogens with two attached hydrogens (primary N) is 1. The number of hydrogen-bond acceptors (Lipinski definition) is 4. The van der Waals surface area contributed by atoms with Gasteiger partial charge in [-0.15, -0.1) is 0 Å². The molecule has 2 atom stereocenters. The monoisotopic (exact) mass is 399 g/mol. The molecule has 5 nitrogen and oxygen atoms in total. The van der Waals surface area contributed by atoms with Gasteiger partial charge in [-0.3, -0.25) is 4.79 Å². The van der Waals surface area contributed by atoms with Crippen LogP contribution in [0.25, 0.3) is 0 Å². The molecule has 2 rings (SSSR count). The van der Waals surface area contributed by atoms with E-state index in [-0.39, 0.29) is 11.8 Å². The van der Waals surface area contributed by atoms with Gasteiger partial charge in [-0.05, 0) is 63.1 Å². The molecule has 0 saturated carbocycles. The average molecular weight is 400 g/mol. The van der Waals surface area contributed by atoms with E-state index < -0.39 is 12.1 Å². The zero-order valence-corrected chi connectivity index (χ0v) is 18.0. The third kappa shape index (κ3) is 6.21. The van der Waals surface area contributed by atoms with E-state index in [9.17, 15) is 9.59 Å². The van der Waals surface area contributed by atoms with Crippen LogP contribution in [-0.2, 0) is 11.2 Å². The van der Waals surface area contributed by atoms with Gasteiger partial charge in [0.2, 0.25) is 0 Å². The Bertz CT molecular complexity index is 772. The molecule has 1 aliphatic carbocycles. The van der Waals surface area contributed by atoms with Gasteiger partial charge in [-0.25, -0.2) is 4.79 Å². The van der Waals surface area contributed by atoms with Crippen molar-refractivity contribution in [3.05, 3.63) is 47.1 Å². The van der Waals surface area contributed by atoms with Crippen LogP contribution >= 0.6 is 0 Å². The first-order valence-corrected chi connectivity index (χ1v) is 10.4. The van der Waals surface area contributed by atoms with Crippen LogP contribution in [0.3, 0.4) is 0 Å². The van der Waals surface area contributed by atoms with Gasteiger partial charge in [-0.2, -0.15) is 0 Å². The average Bonchev–Trinajstić information content (AvgIpc) is 2.60. The highest BCUT2D eigenvalue weighted by Crippen LogP contribution is 2.47. The number of hydrogen-bond donors (Lipinski definition) is 1. The summed E-state index contributed by atoms with van der Waals surface area (Å²) in [5, 5.41) is 0. The summed E-state index contributed by atoms with van der Waals surface area (Å²) in [4.78, 5) is 23.5. The topological polar surface area (TPSA) is 78.6 Å². The molecule has 1 aromatic rings. The smallest absolute Gasteiger partial charge is 0.409 e. The molecule has 1 aliphatic rings. The first-order chi connectivity index (χ1) is 13.7. The Balaban J connectivity index is 2.64. The fraction of sp³-hybridized carbons (Fsp3) is 0.500. The van der Waals surface area contributed by atoms with Gasteiger partial charge in [0.15, 0.2) is 0 Å². The van der Waals surface area contributed by atoms with Gasteiger partial charge in [0, 0.05) is 18.4 Å². The largest absolute Gasteiger partial charge is 0.426 e. The Labute approximate surface area is 174 Å². The summed E-state index contributed by atoms with van der Waals surface area (Å²) in [5.41, 5.74) is 9.30. The van der Waals surface area contributed by atoms with Gasteiger partial charge in [-0.1, -0.05) is 43.6 Å². The molecule has 5 heteroatoms. The lowest BCUT2D eigenvalue weighted by Gasteiger charge is -2.32. The minimum Gasteiger partial charge on any atom is -0.426 e. The van der Waals surface area contributed by atoms with E-state index in [1.165, 1.54) is 12.5 Å². The number of unbranched alkanes of at least 4 members (excludes halogenated alkanes) is 2. The molecule has 2 unspecified atom stereocenters. The van der Waals surface area contributed by atoms with E-state index in [2.05, 4.69) is 26.5 Å². The molecule has 0 fully saturated rings. The van der Waals surface area contributed by atoms with E-state index in [4.69, 9.17) is 15.2 Å². The van der Waals surface area contributed by atoms with Crippen molar-refractivity contribution >= 4 is 12.1 Å². The molecule has 2 N–H and O–H groups in total. The fourth-order valence-corrected chi connectivity index (χ4v) is 4.05. The third-order valence-electron chi connectivity index (χ3n) is 5.41. The third-order valence-corrected chi connectivity index (χ3v) is 5.41. The zero-order valence-electron chi connectivity index (χ0n) is 18.0. The predicted octanol–water partition coefficient (Wildman–Crippen LogP) is 5.82. The number of rotatable bonds is 8. The van der Waals surface area contributed by atoms with Gasteiger partial charge in [0.25, 0.3) is 0 Å². The maximum Gasteiger partial charge on any atom is 0.409 e. The lowest BCUT2D eigenvalue weighted by atomic mass is 9.73. The number of ether oxygens (including phenoxy) is 2. The second kappa shape index (κ2) is 10.3. The standard InChI is InChI=1S/C24H33NO4/c1-6-7-8-9-18-13-21(28-17(5)26)23(22(14-18)29-24(25)27)20-12-16(4)10-11-19(20)15(2)3/h12-14,19-20H,2,6-11H2,1,3-5H3,(H2,25,27). The van der Waals surface area contributed by atoms with Crippen molar-refractivity contribution < 1.29 is 19.1 Å². The van der Waals surface area contributed by atoms with Gasteiger partial charge in [0.1, 0.15) is 11.5 Å². The highest BCUT2D eigenvalue weighted by Gasteiger charge is 2.32. The highest BCUT2D eigenvalue weighted by atomic mass is 16.6. The minimum atomic E-state index is -0.880. The normalized spacial score (nSPS) is 18.7. The Morgan fingerprint density at radius 2 is 1.83 bits per heavy atom. The first kappa shape index (κ1) is 22.7. The number of esters is 1. The van der Waals surface area contributed by atoms with Gasteiger partial charge >= 0.3 is 12.1 Å². The zero-order chi connectivity index (χ0) is 21.6. The van der Waals surface area contributed by atoms with Crippen LogP contribution in [0.1, 0.15) is 76.8 Å². The van der Waals surface area contributed by atoms with Crippen LogP contribution in [0.15, 0.2) is 35.9 Å². The first-order valence-electron chi connectivity index (χ1n) is 10.4. The molecular weight excluding hydrogens is 366 g/mol. The van der Waals surface area contributed by atoms with Crippen molar-refractivity contribution in [3.8, 4) is 11.5 Å². The highest BCUT2D eigenvalue weighted by molar-refractivity contribution is 5.73. The molecule has 0 saturated heterocycles. The number of primary amides is 1. The quantitative estimate of drug-likeness (QED) is 0.259. The maximum absolute atomic E-state index is 11.8. The summed E-state index contributed by atoms with van der Waals surface area (Å²) in [6.45, 7) is 11.8. The van der Waals surface area contributed by atoms with Crippen LogP contribution in [0, 0.1) is 5.92 Å². The van der Waals surface area contributed by atoms with E-state index in [0.29, 0.717) is 17.1 Å². The van der Waals surface area contributed by atoms with Crippen molar-refractivity contribution in [1.82, 2.24) is 0 Å². The number of carbonyl (C=O) groups excluding carboxylic acids is 2. The molecule has 0 spiro atoms. The van der Waals surface area contributed by atoms with E-state index in [1.807, 2.05) is 19.1 Å². The number of allylic oxidation sites excluding steroid dienone is 3. The molecule has 158 valence electrons. The second-order valence-corrected chi connectivity index (χ2v) is 8.01. The van der Waals surface area contributed by atoms with Crippen LogP contribution < -0.4 is 15.2 Å². The molecule has 0 bridgehead atoms. The maximum atomic E-state index is 11.8. The molecule has 0 radical (unpaired) electrons. The second-order valence-electron chi connectivity index (χ2n) is 8.01. The Kier molecular flexibility index (Phi) is 8.06. The van der Waals surface area contributed by atoms with Crippen LogP contribution in [0.4, 0.5) is 4.79 Å². The number of aryl methyl sites for hydroxylation is 1. The lowest BCUT2D eigenvalue weighted by Crippen LogP contribution is -2.22. The summed E-state index contributed by atoms with van der Waals surface area (Å²) >= 11 is 0. The number of benzene rings is 1. The van der Waals surface area contributed by atoms with Gasteiger partial charge < -0.3 is 15.2 Å². The molecule has 0 aliphatic heterocycles. The van der Waals surface area contributed by atoms with Crippen LogP contribution in [-0.4, -0.2) is 12.1 Å². The van der Waals surface area contributed by atoms with Crippen molar-refractivity contribution in [1.29, 1.82) is 0 Å². The van der Waals surface area contributed by atoms with E-state index in [1.54, 1.807) is 0 Å². The molecule has 0 aromatic heterocycles. The fourth-order valence-electron chi connectivity index (χ4n) is 4.05. The SMILES string of the molecule is C=C(C)C1CCC(C)=CC1c1c(OC(C)=O)cc(CCCCC)cc1OC(N)=O. The number of carbonyl (C=O) groups is 2. The van der Waals surface area contributed by atoms with Crippen molar-refractivity contribution in [2.24, 2.45) is 11.7 Å². The van der Waals surface area contributed by atoms with E-state index in [0.717, 1.165) is 49.7 Å². The summed E-state index contributed by atoms with van der Waals surface area (Å²) in [6.07, 6.45) is 7.21. The summed E-state index contributed by atoms with van der Waals surface area (Å²) in [6, 6.07) is 3.75. The molecular formula is C24H33NO4. The van der Waals surface area contributed by atoms with Crippen molar-refractivity contribution in [2.75, 3.05) is 0 Å². The van der Waals surface area contributed by atoms with Crippen molar-refractivity contribution in [3.63, 3.8) is 0 Å². The molecule has 0 heterocycles. The summed E-state index contributed by atoms with van der Waals surface area (Å²) in [7, 11) is 0. The van der Waals surface area contributed by atoms with Crippen molar-refractivity contribution in [2.45, 2.75) is 72.1 Å². The Morgan fingerprint density at radius 3 is 2.38 bits per heavy atom. The Hall–Kier alpha value is -2.56. The summed E-state index contributed by atoms with van der Waals surface area (Å²) < 4.78 is 11.0. The molecule has 1 aromatic carbocycles. The summed E-state index contributed by atoms with van der Waals surface area (Å²) in [5.74, 6) is 0.448. The molecule has 29 heavy (non-hydrogen) atoms. The van der Waals surface area contributed by atoms with Crippen LogP contribution in [0.2, 0.25) is 0 Å². The number of amides is 1. The molecule has 1 amide bonds. The van der Waals surface area contributed by atoms with E-state index >= 15 is 0 Å². The lowest BCUT2D eigenvalue weighted by molar-refractivity contribution is -0.131. The Morgan fingerprint density at radius 1 is 1.17 bits per heavy atom. The van der Waals surface area contributed by atoms with Gasteiger partial charge in [0.05, 0.1) is 0 Å².